The number of carbonyl (C=O) groups is 1. The van der Waals surface area contributed by atoms with E-state index >= 15 is 0 Å². The molecule has 3 rings (SSSR count). The van der Waals surface area contributed by atoms with Gasteiger partial charge in [-0.2, -0.15) is 21.6 Å². The zero-order valence-corrected chi connectivity index (χ0v) is 17.0. The van der Waals surface area contributed by atoms with Crippen molar-refractivity contribution < 1.29 is 31.1 Å². The van der Waals surface area contributed by atoms with Gasteiger partial charge in [-0.3, -0.25) is 4.79 Å². The van der Waals surface area contributed by atoms with E-state index in [9.17, 15) is 26.4 Å². The third kappa shape index (κ3) is 5.03. The smallest absolute Gasteiger partial charge is 0.422 e. The maximum atomic E-state index is 12.4. The van der Waals surface area contributed by atoms with E-state index in [4.69, 9.17) is 16.3 Å². The maximum Gasteiger partial charge on any atom is 0.422 e. The largest absolute Gasteiger partial charge is 0.482 e. The minimum Gasteiger partial charge on any atom is -0.482 e. The highest BCUT2D eigenvalue weighted by molar-refractivity contribution is 7.90. The topological polar surface area (TPSA) is 88.1 Å². The second-order valence-electron chi connectivity index (χ2n) is 6.33. The van der Waals surface area contributed by atoms with E-state index in [1.807, 2.05) is 0 Å². The fourth-order valence-electron chi connectivity index (χ4n) is 2.73. The van der Waals surface area contributed by atoms with Crippen molar-refractivity contribution in [2.75, 3.05) is 25.5 Å². The molecule has 1 amide bonds. The SMILES string of the molecule is CN(CC(=O)Nc1cc(Cl)ccc1OCC(F)(F)F)C1=NS(=O)(=O)c2ccccc21. The number of anilines is 1. The molecule has 0 saturated carbocycles. The van der Waals surface area contributed by atoms with E-state index in [1.165, 1.54) is 36.2 Å². The summed E-state index contributed by atoms with van der Waals surface area (Å²) in [6.07, 6.45) is -4.55. The number of rotatable bonds is 5. The van der Waals surface area contributed by atoms with Crippen molar-refractivity contribution in [1.82, 2.24) is 4.90 Å². The summed E-state index contributed by atoms with van der Waals surface area (Å²) in [5, 5.41) is 2.60. The molecule has 0 unspecified atom stereocenters. The molecule has 2 aromatic carbocycles. The number of sulfonamides is 1. The first-order chi connectivity index (χ1) is 14.0. The Morgan fingerprint density at radius 2 is 1.93 bits per heavy atom. The Balaban J connectivity index is 1.74. The van der Waals surface area contributed by atoms with Gasteiger partial charge in [-0.25, -0.2) is 0 Å². The fourth-order valence-corrected chi connectivity index (χ4v) is 4.15. The summed E-state index contributed by atoms with van der Waals surface area (Å²) >= 11 is 5.86. The summed E-state index contributed by atoms with van der Waals surface area (Å²) < 4.78 is 70.0. The monoisotopic (exact) mass is 461 g/mol. The lowest BCUT2D eigenvalue weighted by atomic mass is 10.2. The van der Waals surface area contributed by atoms with Crippen LogP contribution in [0.25, 0.3) is 0 Å². The highest BCUT2D eigenvalue weighted by Crippen LogP contribution is 2.30. The summed E-state index contributed by atoms with van der Waals surface area (Å²) in [6, 6.07) is 9.94. The number of hydrogen-bond donors (Lipinski definition) is 1. The van der Waals surface area contributed by atoms with Gasteiger partial charge in [-0.05, 0) is 30.3 Å². The third-order valence-electron chi connectivity index (χ3n) is 3.96. The normalized spacial score (nSPS) is 14.6. The van der Waals surface area contributed by atoms with Crippen molar-refractivity contribution >= 4 is 39.1 Å². The first-order valence-corrected chi connectivity index (χ1v) is 10.2. The van der Waals surface area contributed by atoms with Gasteiger partial charge in [0.2, 0.25) is 5.91 Å². The summed E-state index contributed by atoms with van der Waals surface area (Å²) in [5.41, 5.74) is 0.302. The molecule has 12 heteroatoms. The van der Waals surface area contributed by atoms with E-state index in [2.05, 4.69) is 9.71 Å². The predicted molar refractivity (Wildman–Crippen MR) is 104 cm³/mol. The lowest BCUT2D eigenvalue weighted by Crippen LogP contribution is -2.35. The molecule has 0 saturated heterocycles. The lowest BCUT2D eigenvalue weighted by Gasteiger charge is -2.19. The van der Waals surface area contributed by atoms with Gasteiger partial charge < -0.3 is 15.0 Å². The van der Waals surface area contributed by atoms with Crippen molar-refractivity contribution in [1.29, 1.82) is 0 Å². The standard InChI is InChI=1S/C18H15ClF3N3O4S/c1-25(17-12-4-2-3-5-15(12)30(27,28)24-17)9-16(26)23-13-8-11(19)6-7-14(13)29-10-18(20,21)22/h2-8H,9-10H2,1H3,(H,23,26). The molecule has 0 aromatic heterocycles. The Labute approximate surface area is 175 Å². The number of amidine groups is 1. The van der Waals surface area contributed by atoms with Crippen molar-refractivity contribution in [2.24, 2.45) is 4.40 Å². The molecular formula is C18H15ClF3N3O4S. The van der Waals surface area contributed by atoms with Crippen LogP contribution in [0.5, 0.6) is 5.75 Å². The zero-order chi connectivity index (χ0) is 22.1. The van der Waals surface area contributed by atoms with Crippen molar-refractivity contribution in [3.63, 3.8) is 0 Å². The number of fused-ring (bicyclic) bond motifs is 1. The van der Waals surface area contributed by atoms with Crippen LogP contribution in [0.4, 0.5) is 18.9 Å². The quantitative estimate of drug-likeness (QED) is 0.738. The van der Waals surface area contributed by atoms with E-state index < -0.39 is 28.7 Å². The molecule has 0 aliphatic carbocycles. The summed E-state index contributed by atoms with van der Waals surface area (Å²) in [7, 11) is -2.39. The average Bonchev–Trinajstić information content (AvgIpc) is 2.92. The second kappa shape index (κ2) is 8.15. The van der Waals surface area contributed by atoms with Gasteiger partial charge in [-0.1, -0.05) is 23.7 Å². The van der Waals surface area contributed by atoms with E-state index in [1.54, 1.807) is 18.2 Å². The minimum atomic E-state index is -4.55. The Bertz CT molecular complexity index is 1120. The van der Waals surface area contributed by atoms with Crippen LogP contribution in [0, 0.1) is 0 Å². The molecular weight excluding hydrogens is 447 g/mol. The number of benzene rings is 2. The number of likely N-dealkylation sites (N-methyl/N-ethyl adjacent to an activating group) is 1. The van der Waals surface area contributed by atoms with E-state index in [0.29, 0.717) is 5.56 Å². The number of nitrogens with zero attached hydrogens (tertiary/aromatic N) is 2. The van der Waals surface area contributed by atoms with Gasteiger partial charge >= 0.3 is 6.18 Å². The molecule has 1 heterocycles. The van der Waals surface area contributed by atoms with Gasteiger partial charge in [0.1, 0.15) is 10.6 Å². The molecule has 2 aromatic rings. The van der Waals surface area contributed by atoms with Gasteiger partial charge in [0.25, 0.3) is 10.0 Å². The van der Waals surface area contributed by atoms with Crippen LogP contribution in [0.1, 0.15) is 5.56 Å². The highest BCUT2D eigenvalue weighted by Gasteiger charge is 2.31. The first-order valence-electron chi connectivity index (χ1n) is 8.41. The Morgan fingerprint density at radius 1 is 1.23 bits per heavy atom. The van der Waals surface area contributed by atoms with Gasteiger partial charge in [0.05, 0.1) is 12.2 Å². The average molecular weight is 462 g/mol. The van der Waals surface area contributed by atoms with Crippen LogP contribution in [0.15, 0.2) is 51.8 Å². The van der Waals surface area contributed by atoms with Crippen LogP contribution in [-0.2, 0) is 14.8 Å². The van der Waals surface area contributed by atoms with E-state index in [0.717, 1.165) is 0 Å². The first kappa shape index (κ1) is 21.9. The number of halogens is 4. The molecule has 30 heavy (non-hydrogen) atoms. The third-order valence-corrected chi connectivity index (χ3v) is 5.52. The summed E-state index contributed by atoms with van der Waals surface area (Å²) in [6.45, 7) is -1.86. The molecule has 0 bridgehead atoms. The van der Waals surface area contributed by atoms with Crippen LogP contribution in [0.3, 0.4) is 0 Å². The van der Waals surface area contributed by atoms with Crippen LogP contribution >= 0.6 is 11.6 Å². The number of hydrogen-bond acceptors (Lipinski definition) is 5. The molecule has 1 aliphatic heterocycles. The molecule has 160 valence electrons. The van der Waals surface area contributed by atoms with E-state index in [-0.39, 0.29) is 33.7 Å². The zero-order valence-electron chi connectivity index (χ0n) is 15.4. The molecule has 1 N–H and O–H groups in total. The van der Waals surface area contributed by atoms with Crippen LogP contribution in [-0.4, -0.2) is 51.4 Å². The van der Waals surface area contributed by atoms with Gasteiger partial charge in [0, 0.05) is 17.6 Å². The Morgan fingerprint density at radius 3 is 2.63 bits per heavy atom. The molecule has 7 nitrogen and oxygen atoms in total. The minimum absolute atomic E-state index is 0.0323. The van der Waals surface area contributed by atoms with Gasteiger partial charge in [-0.15, -0.1) is 4.40 Å². The number of alkyl halides is 3. The number of ether oxygens (including phenoxy) is 1. The van der Waals surface area contributed by atoms with Crippen molar-refractivity contribution in [3.05, 3.63) is 53.1 Å². The van der Waals surface area contributed by atoms with Gasteiger partial charge in [0.15, 0.2) is 12.4 Å². The molecule has 1 aliphatic rings. The summed E-state index contributed by atoms with van der Waals surface area (Å²) in [5.74, 6) is -0.764. The maximum absolute atomic E-state index is 12.4. The Kier molecular flexibility index (Phi) is 5.95. The van der Waals surface area contributed by atoms with Crippen LogP contribution in [0.2, 0.25) is 5.02 Å². The lowest BCUT2D eigenvalue weighted by molar-refractivity contribution is -0.153. The number of nitrogens with one attached hydrogen (secondary N) is 1. The predicted octanol–water partition coefficient (Wildman–Crippen LogP) is 3.30. The van der Waals surface area contributed by atoms with Crippen LogP contribution < -0.4 is 10.1 Å². The highest BCUT2D eigenvalue weighted by atomic mass is 35.5. The number of carbonyl (C=O) groups excluding carboxylic acids is 1. The van der Waals surface area contributed by atoms with Crippen molar-refractivity contribution in [2.45, 2.75) is 11.1 Å². The molecule has 0 atom stereocenters. The molecule has 0 radical (unpaired) electrons. The number of amides is 1. The van der Waals surface area contributed by atoms with Crippen molar-refractivity contribution in [3.8, 4) is 5.75 Å². The molecule has 0 fully saturated rings. The Hall–Kier alpha value is -2.79. The fraction of sp³-hybridized carbons (Fsp3) is 0.222. The molecule has 0 spiro atoms. The summed E-state index contributed by atoms with van der Waals surface area (Å²) in [4.78, 5) is 13.8. The second-order valence-corrected chi connectivity index (χ2v) is 8.34.